The van der Waals surface area contributed by atoms with Crippen molar-refractivity contribution in [3.63, 3.8) is 0 Å². The molecule has 1 amide bonds. The lowest BCUT2D eigenvalue weighted by molar-refractivity contribution is 0.0612. The summed E-state index contributed by atoms with van der Waals surface area (Å²) in [5.41, 5.74) is 0.208. The summed E-state index contributed by atoms with van der Waals surface area (Å²) in [6, 6.07) is 4.41. The molecule has 0 spiro atoms. The number of nitrogens with zero attached hydrogens (tertiary/aromatic N) is 1. The molecule has 128 valence electrons. The third-order valence-electron chi connectivity index (χ3n) is 4.83. The molecule has 4 nitrogen and oxygen atoms in total. The highest BCUT2D eigenvalue weighted by Crippen LogP contribution is 2.26. The van der Waals surface area contributed by atoms with Crippen LogP contribution >= 0.6 is 11.6 Å². The minimum Gasteiger partial charge on any atom is -0.508 e. The lowest BCUT2D eigenvalue weighted by Gasteiger charge is -2.43. The second kappa shape index (κ2) is 7.54. The van der Waals surface area contributed by atoms with Crippen molar-refractivity contribution >= 4 is 17.5 Å². The van der Waals surface area contributed by atoms with Crippen LogP contribution in [-0.2, 0) is 0 Å². The lowest BCUT2D eigenvalue weighted by Crippen LogP contribution is -2.54. The molecule has 1 unspecified atom stereocenters. The molecule has 1 saturated heterocycles. The number of piperidine rings is 1. The SMILES string of the molecule is CCC1CCCN(C(C)(C)CNC(=O)c2cc(O)ccc2Cl)C1. The van der Waals surface area contributed by atoms with E-state index in [0.717, 1.165) is 19.0 Å². The molecular weight excluding hydrogens is 312 g/mol. The Hall–Kier alpha value is -1.26. The van der Waals surface area contributed by atoms with Crippen LogP contribution in [-0.4, -0.2) is 41.1 Å². The van der Waals surface area contributed by atoms with Gasteiger partial charge >= 0.3 is 0 Å². The van der Waals surface area contributed by atoms with E-state index in [-0.39, 0.29) is 17.2 Å². The monoisotopic (exact) mass is 338 g/mol. The highest BCUT2D eigenvalue weighted by atomic mass is 35.5. The Balaban J connectivity index is 1.98. The van der Waals surface area contributed by atoms with Crippen molar-refractivity contribution in [1.29, 1.82) is 0 Å². The van der Waals surface area contributed by atoms with Gasteiger partial charge in [0.25, 0.3) is 5.91 Å². The summed E-state index contributed by atoms with van der Waals surface area (Å²) < 4.78 is 0. The minimum atomic E-state index is -0.247. The van der Waals surface area contributed by atoms with Gasteiger partial charge in [0.2, 0.25) is 0 Å². The normalized spacial score (nSPS) is 19.6. The van der Waals surface area contributed by atoms with Crippen molar-refractivity contribution in [2.24, 2.45) is 5.92 Å². The fourth-order valence-corrected chi connectivity index (χ4v) is 3.34. The van der Waals surface area contributed by atoms with Gasteiger partial charge in [-0.15, -0.1) is 0 Å². The van der Waals surface area contributed by atoms with Crippen molar-refractivity contribution in [3.8, 4) is 5.75 Å². The van der Waals surface area contributed by atoms with Gasteiger partial charge in [-0.1, -0.05) is 24.9 Å². The molecule has 0 saturated carbocycles. The van der Waals surface area contributed by atoms with E-state index in [0.29, 0.717) is 17.1 Å². The fraction of sp³-hybridized carbons (Fsp3) is 0.611. The van der Waals surface area contributed by atoms with Crippen molar-refractivity contribution in [1.82, 2.24) is 10.2 Å². The van der Waals surface area contributed by atoms with Gasteiger partial charge in [0.15, 0.2) is 0 Å². The number of carbonyl (C=O) groups is 1. The summed E-state index contributed by atoms with van der Waals surface area (Å²) >= 11 is 6.05. The molecule has 2 rings (SSSR count). The molecule has 1 aromatic rings. The van der Waals surface area contributed by atoms with Crippen LogP contribution in [0.2, 0.25) is 5.02 Å². The molecule has 1 aromatic carbocycles. The number of benzene rings is 1. The number of rotatable bonds is 5. The van der Waals surface area contributed by atoms with Crippen LogP contribution < -0.4 is 5.32 Å². The Kier molecular flexibility index (Phi) is 5.93. The van der Waals surface area contributed by atoms with Crippen LogP contribution in [0.4, 0.5) is 0 Å². The fourth-order valence-electron chi connectivity index (χ4n) is 3.14. The number of aromatic hydroxyl groups is 1. The third-order valence-corrected chi connectivity index (χ3v) is 5.16. The summed E-state index contributed by atoms with van der Waals surface area (Å²) in [4.78, 5) is 14.8. The maximum atomic E-state index is 12.3. The van der Waals surface area contributed by atoms with Crippen LogP contribution in [0.5, 0.6) is 5.75 Å². The van der Waals surface area contributed by atoms with Crippen LogP contribution in [0.1, 0.15) is 50.4 Å². The van der Waals surface area contributed by atoms with E-state index < -0.39 is 0 Å². The van der Waals surface area contributed by atoms with Crippen LogP contribution in [0.15, 0.2) is 18.2 Å². The predicted molar refractivity (Wildman–Crippen MR) is 94.1 cm³/mol. The minimum absolute atomic E-state index is 0.0422. The first-order valence-corrected chi connectivity index (χ1v) is 8.73. The molecule has 1 fully saturated rings. The zero-order chi connectivity index (χ0) is 17.0. The van der Waals surface area contributed by atoms with Crippen molar-refractivity contribution < 1.29 is 9.90 Å². The quantitative estimate of drug-likeness (QED) is 0.861. The van der Waals surface area contributed by atoms with Gasteiger partial charge in [-0.2, -0.15) is 0 Å². The molecule has 0 bridgehead atoms. The average Bonchev–Trinajstić information content (AvgIpc) is 2.55. The van der Waals surface area contributed by atoms with Gasteiger partial charge in [-0.05, 0) is 57.4 Å². The molecule has 0 aromatic heterocycles. The maximum Gasteiger partial charge on any atom is 0.252 e. The number of hydrogen-bond donors (Lipinski definition) is 2. The van der Waals surface area contributed by atoms with Gasteiger partial charge < -0.3 is 10.4 Å². The Labute approximate surface area is 143 Å². The number of carbonyl (C=O) groups excluding carboxylic acids is 1. The second-order valence-electron chi connectivity index (χ2n) is 7.02. The first kappa shape index (κ1) is 18.1. The Morgan fingerprint density at radius 2 is 2.22 bits per heavy atom. The zero-order valence-corrected chi connectivity index (χ0v) is 15.0. The van der Waals surface area contributed by atoms with E-state index >= 15 is 0 Å². The Morgan fingerprint density at radius 1 is 1.48 bits per heavy atom. The summed E-state index contributed by atoms with van der Waals surface area (Å²) in [5, 5.41) is 12.8. The number of phenolic OH excluding ortho intramolecular Hbond substituents is 1. The van der Waals surface area contributed by atoms with Gasteiger partial charge in [0.05, 0.1) is 10.6 Å². The van der Waals surface area contributed by atoms with Gasteiger partial charge in [0.1, 0.15) is 5.75 Å². The van der Waals surface area contributed by atoms with E-state index in [1.165, 1.54) is 37.5 Å². The van der Waals surface area contributed by atoms with Crippen LogP contribution in [0.25, 0.3) is 0 Å². The van der Waals surface area contributed by atoms with Gasteiger partial charge in [-0.3, -0.25) is 9.69 Å². The Bertz CT molecular complexity index is 560. The molecule has 1 aliphatic rings. The van der Waals surface area contributed by atoms with Gasteiger partial charge in [-0.25, -0.2) is 0 Å². The molecule has 5 heteroatoms. The molecule has 0 radical (unpaired) electrons. The zero-order valence-electron chi connectivity index (χ0n) is 14.2. The number of nitrogens with one attached hydrogen (secondary N) is 1. The molecule has 1 atom stereocenters. The lowest BCUT2D eigenvalue weighted by atomic mass is 9.91. The number of hydrogen-bond acceptors (Lipinski definition) is 3. The number of phenols is 1. The van der Waals surface area contributed by atoms with Crippen molar-refractivity contribution in [2.75, 3.05) is 19.6 Å². The van der Waals surface area contributed by atoms with Crippen molar-refractivity contribution in [2.45, 2.75) is 45.6 Å². The summed E-state index contributed by atoms with van der Waals surface area (Å²) in [6.45, 7) is 9.28. The van der Waals surface area contributed by atoms with E-state index in [1.807, 2.05) is 0 Å². The molecular formula is C18H27ClN2O2. The summed E-state index contributed by atoms with van der Waals surface area (Å²) in [6.07, 6.45) is 3.72. The number of likely N-dealkylation sites (tertiary alicyclic amines) is 1. The molecule has 0 aliphatic carbocycles. The topological polar surface area (TPSA) is 52.6 Å². The highest BCUT2D eigenvalue weighted by Gasteiger charge is 2.31. The molecule has 23 heavy (non-hydrogen) atoms. The molecule has 1 heterocycles. The standard InChI is InChI=1S/C18H27ClN2O2/c1-4-13-6-5-9-21(11-13)18(2,3)12-20-17(23)15-10-14(22)7-8-16(15)19/h7-8,10,13,22H,4-6,9,11-12H2,1-3H3,(H,20,23). The molecule has 2 N–H and O–H groups in total. The number of amides is 1. The first-order chi connectivity index (χ1) is 10.8. The maximum absolute atomic E-state index is 12.3. The first-order valence-electron chi connectivity index (χ1n) is 8.35. The second-order valence-corrected chi connectivity index (χ2v) is 7.43. The predicted octanol–water partition coefficient (Wildman–Crippen LogP) is 3.68. The molecule has 1 aliphatic heterocycles. The van der Waals surface area contributed by atoms with E-state index in [9.17, 15) is 9.90 Å². The van der Waals surface area contributed by atoms with E-state index in [2.05, 4.69) is 31.0 Å². The van der Waals surface area contributed by atoms with E-state index in [1.54, 1.807) is 0 Å². The third kappa shape index (κ3) is 4.61. The summed E-state index contributed by atoms with van der Waals surface area (Å²) in [7, 11) is 0. The van der Waals surface area contributed by atoms with Crippen molar-refractivity contribution in [3.05, 3.63) is 28.8 Å². The largest absolute Gasteiger partial charge is 0.508 e. The smallest absolute Gasteiger partial charge is 0.252 e. The van der Waals surface area contributed by atoms with E-state index in [4.69, 9.17) is 11.6 Å². The number of halogens is 1. The average molecular weight is 339 g/mol. The Morgan fingerprint density at radius 3 is 2.91 bits per heavy atom. The van der Waals surface area contributed by atoms with Crippen LogP contribution in [0.3, 0.4) is 0 Å². The summed E-state index contributed by atoms with van der Waals surface area (Å²) in [5.74, 6) is 0.544. The highest BCUT2D eigenvalue weighted by molar-refractivity contribution is 6.33. The van der Waals surface area contributed by atoms with Gasteiger partial charge in [0, 0.05) is 18.6 Å². The van der Waals surface area contributed by atoms with Crippen LogP contribution in [0, 0.1) is 5.92 Å².